The average Bonchev–Trinajstić information content (AvgIpc) is 2.99. The molecule has 0 radical (unpaired) electrons. The maximum atomic E-state index is 12.1. The van der Waals surface area contributed by atoms with E-state index in [0.29, 0.717) is 16.5 Å². The highest BCUT2D eigenvalue weighted by atomic mass is 32.2. The van der Waals surface area contributed by atoms with Crippen LogP contribution in [0.2, 0.25) is 0 Å². The number of amides is 1. The lowest BCUT2D eigenvalue weighted by molar-refractivity contribution is -0.129. The number of thioether (sulfide) groups is 1. The van der Waals surface area contributed by atoms with Crippen LogP contribution in [0.5, 0.6) is 0 Å². The van der Waals surface area contributed by atoms with Gasteiger partial charge in [-0.05, 0) is 25.7 Å². The number of likely N-dealkylation sites (tertiary alicyclic amines) is 1. The number of hydrogen-bond donors (Lipinski definition) is 0. The van der Waals surface area contributed by atoms with E-state index in [0.717, 1.165) is 43.1 Å². The van der Waals surface area contributed by atoms with E-state index in [1.54, 1.807) is 0 Å². The number of fused-ring (bicyclic) bond motifs is 1. The molecule has 1 fully saturated rings. The first kappa shape index (κ1) is 16.4. The van der Waals surface area contributed by atoms with Crippen LogP contribution in [0.3, 0.4) is 0 Å². The van der Waals surface area contributed by atoms with Crippen molar-refractivity contribution in [3.63, 3.8) is 0 Å². The Labute approximate surface area is 142 Å². The maximum Gasteiger partial charge on any atom is 0.275 e. The second kappa shape index (κ2) is 7.44. The third-order valence-corrected chi connectivity index (χ3v) is 5.83. The van der Waals surface area contributed by atoms with Crippen molar-refractivity contribution in [1.29, 1.82) is 0 Å². The van der Waals surface area contributed by atoms with Crippen LogP contribution in [0, 0.1) is 0 Å². The first-order valence-corrected chi connectivity index (χ1v) is 9.88. The summed E-state index contributed by atoms with van der Waals surface area (Å²) in [5.74, 6) is 1.22. The quantitative estimate of drug-likeness (QED) is 0.823. The van der Waals surface area contributed by atoms with E-state index in [-0.39, 0.29) is 11.5 Å². The van der Waals surface area contributed by atoms with Crippen molar-refractivity contribution in [2.75, 3.05) is 18.8 Å². The van der Waals surface area contributed by atoms with Crippen LogP contribution in [-0.4, -0.2) is 44.2 Å². The Balaban J connectivity index is 1.60. The summed E-state index contributed by atoms with van der Waals surface area (Å²) in [6.45, 7) is 3.77. The Bertz CT molecular complexity index is 750. The van der Waals surface area contributed by atoms with Gasteiger partial charge in [0.05, 0.1) is 11.4 Å². The molecule has 8 heteroatoms. The predicted octanol–water partition coefficient (Wildman–Crippen LogP) is 1.96. The fourth-order valence-electron chi connectivity index (χ4n) is 2.59. The Hall–Kier alpha value is -1.41. The van der Waals surface area contributed by atoms with Crippen molar-refractivity contribution in [2.45, 2.75) is 38.4 Å². The van der Waals surface area contributed by atoms with E-state index in [9.17, 15) is 9.59 Å². The number of hydrogen-bond acceptors (Lipinski definition) is 6. The number of carbonyl (C=O) groups excluding carboxylic acids is 1. The van der Waals surface area contributed by atoms with Gasteiger partial charge in [-0.15, -0.1) is 11.8 Å². The molecule has 1 saturated heterocycles. The van der Waals surface area contributed by atoms with Gasteiger partial charge in [0.1, 0.15) is 5.01 Å². The first-order valence-electron chi connectivity index (χ1n) is 7.91. The number of rotatable bonds is 5. The van der Waals surface area contributed by atoms with Crippen molar-refractivity contribution < 1.29 is 4.79 Å². The summed E-state index contributed by atoms with van der Waals surface area (Å²) in [7, 11) is 0. The van der Waals surface area contributed by atoms with Gasteiger partial charge >= 0.3 is 0 Å². The van der Waals surface area contributed by atoms with Crippen LogP contribution in [0.1, 0.15) is 36.9 Å². The molecule has 2 aromatic heterocycles. The number of aryl methyl sites for hydroxylation is 1. The molecule has 1 amide bonds. The van der Waals surface area contributed by atoms with Gasteiger partial charge < -0.3 is 4.90 Å². The van der Waals surface area contributed by atoms with Gasteiger partial charge in [0.2, 0.25) is 10.9 Å². The zero-order valence-electron chi connectivity index (χ0n) is 13.2. The summed E-state index contributed by atoms with van der Waals surface area (Å²) in [5.41, 5.74) is 0.571. The second-order valence-corrected chi connectivity index (χ2v) is 7.59. The standard InChI is InChI=1S/C15H20N4O2S2/c1-2-12-17-19-13(20)8-11(16-15(19)23-12)9-22-10-14(21)18-6-4-3-5-7-18/h8H,2-7,9-10H2,1H3. The monoisotopic (exact) mass is 352 g/mol. The number of carbonyl (C=O) groups is 1. The van der Waals surface area contributed by atoms with Crippen LogP contribution in [0.15, 0.2) is 10.9 Å². The maximum absolute atomic E-state index is 12.1. The van der Waals surface area contributed by atoms with Crippen molar-refractivity contribution in [1.82, 2.24) is 19.5 Å². The highest BCUT2D eigenvalue weighted by Gasteiger charge is 2.16. The van der Waals surface area contributed by atoms with E-state index < -0.39 is 0 Å². The highest BCUT2D eigenvalue weighted by molar-refractivity contribution is 7.99. The molecule has 6 nitrogen and oxygen atoms in total. The molecule has 1 aliphatic rings. The summed E-state index contributed by atoms with van der Waals surface area (Å²) in [4.78, 5) is 31.2. The molecule has 0 spiro atoms. The van der Waals surface area contributed by atoms with Gasteiger partial charge in [-0.25, -0.2) is 4.98 Å². The topological polar surface area (TPSA) is 67.6 Å². The molecule has 1 aliphatic heterocycles. The SMILES string of the molecule is CCc1nn2c(=O)cc(CSCC(=O)N3CCCCC3)nc2s1. The van der Waals surface area contributed by atoms with Gasteiger partial charge in [0.15, 0.2) is 0 Å². The van der Waals surface area contributed by atoms with Crippen LogP contribution >= 0.6 is 23.1 Å². The van der Waals surface area contributed by atoms with Gasteiger partial charge in [-0.1, -0.05) is 18.3 Å². The molecule has 2 aromatic rings. The van der Waals surface area contributed by atoms with E-state index in [1.165, 1.54) is 40.1 Å². The molecule has 124 valence electrons. The Morgan fingerprint density at radius 3 is 2.87 bits per heavy atom. The van der Waals surface area contributed by atoms with E-state index >= 15 is 0 Å². The molecule has 0 aromatic carbocycles. The molecule has 0 N–H and O–H groups in total. The summed E-state index contributed by atoms with van der Waals surface area (Å²) in [6, 6.07) is 1.52. The molecular formula is C15H20N4O2S2. The molecule has 0 saturated carbocycles. The molecule has 0 bridgehead atoms. The van der Waals surface area contributed by atoms with Crippen molar-refractivity contribution >= 4 is 34.0 Å². The van der Waals surface area contributed by atoms with Crippen molar-refractivity contribution in [3.8, 4) is 0 Å². The summed E-state index contributed by atoms with van der Waals surface area (Å²) >= 11 is 2.96. The van der Waals surface area contributed by atoms with Crippen LogP contribution in [-0.2, 0) is 17.0 Å². The van der Waals surface area contributed by atoms with E-state index in [4.69, 9.17) is 0 Å². The molecule has 0 unspecified atom stereocenters. The molecule has 0 aliphatic carbocycles. The van der Waals surface area contributed by atoms with Crippen molar-refractivity contribution in [2.24, 2.45) is 0 Å². The zero-order chi connectivity index (χ0) is 16.2. The van der Waals surface area contributed by atoms with Gasteiger partial charge in [-0.3, -0.25) is 9.59 Å². The minimum atomic E-state index is -0.149. The minimum Gasteiger partial charge on any atom is -0.342 e. The third kappa shape index (κ3) is 3.92. The normalized spacial score (nSPS) is 15.3. The highest BCUT2D eigenvalue weighted by Crippen LogP contribution is 2.16. The predicted molar refractivity (Wildman–Crippen MR) is 93.1 cm³/mol. The Morgan fingerprint density at radius 2 is 2.13 bits per heavy atom. The average molecular weight is 352 g/mol. The van der Waals surface area contributed by atoms with E-state index in [1.807, 2.05) is 11.8 Å². The molecule has 3 heterocycles. The largest absolute Gasteiger partial charge is 0.342 e. The van der Waals surface area contributed by atoms with Crippen LogP contribution < -0.4 is 5.56 Å². The smallest absolute Gasteiger partial charge is 0.275 e. The van der Waals surface area contributed by atoms with Gasteiger partial charge in [-0.2, -0.15) is 9.61 Å². The second-order valence-electron chi connectivity index (χ2n) is 5.56. The number of nitrogens with zero attached hydrogens (tertiary/aromatic N) is 4. The van der Waals surface area contributed by atoms with Gasteiger partial charge in [0, 0.05) is 24.9 Å². The van der Waals surface area contributed by atoms with Crippen molar-refractivity contribution in [3.05, 3.63) is 27.1 Å². The minimum absolute atomic E-state index is 0.149. The molecule has 0 atom stereocenters. The Kier molecular flexibility index (Phi) is 5.32. The summed E-state index contributed by atoms with van der Waals surface area (Å²) < 4.78 is 1.36. The molecule has 23 heavy (non-hydrogen) atoms. The molecule has 3 rings (SSSR count). The fraction of sp³-hybridized carbons (Fsp3) is 0.600. The van der Waals surface area contributed by atoms with Gasteiger partial charge in [0.25, 0.3) is 5.56 Å². The van der Waals surface area contributed by atoms with Crippen LogP contribution in [0.4, 0.5) is 0 Å². The number of piperidine rings is 1. The van der Waals surface area contributed by atoms with E-state index in [2.05, 4.69) is 10.1 Å². The lowest BCUT2D eigenvalue weighted by Crippen LogP contribution is -2.36. The summed E-state index contributed by atoms with van der Waals surface area (Å²) in [5, 5.41) is 5.14. The Morgan fingerprint density at radius 1 is 1.35 bits per heavy atom. The van der Waals surface area contributed by atoms with Crippen LogP contribution in [0.25, 0.3) is 4.96 Å². The number of aromatic nitrogens is 3. The lowest BCUT2D eigenvalue weighted by Gasteiger charge is -2.26. The summed E-state index contributed by atoms with van der Waals surface area (Å²) in [6.07, 6.45) is 4.23. The third-order valence-electron chi connectivity index (χ3n) is 3.83. The fourth-order valence-corrected chi connectivity index (χ4v) is 4.26. The molecular weight excluding hydrogens is 332 g/mol. The zero-order valence-corrected chi connectivity index (χ0v) is 14.8. The first-order chi connectivity index (χ1) is 11.2. The lowest BCUT2D eigenvalue weighted by atomic mass is 10.1.